The highest BCUT2D eigenvalue weighted by Crippen LogP contribution is 2.23. The Labute approximate surface area is 149 Å². The first kappa shape index (κ1) is 18.1. The van der Waals surface area contributed by atoms with E-state index >= 15 is 0 Å². The number of anilines is 2. The van der Waals surface area contributed by atoms with Gasteiger partial charge in [0.05, 0.1) is 17.6 Å². The lowest BCUT2D eigenvalue weighted by molar-refractivity contribution is -0.120. The van der Waals surface area contributed by atoms with Crippen molar-refractivity contribution in [1.29, 1.82) is 0 Å². The van der Waals surface area contributed by atoms with Crippen molar-refractivity contribution in [2.75, 3.05) is 42.1 Å². The van der Waals surface area contributed by atoms with Gasteiger partial charge in [-0.25, -0.2) is 17.7 Å². The molecule has 3 rings (SSSR count). The molecule has 0 saturated carbocycles. The number of carbonyl (C=O) groups is 1. The van der Waals surface area contributed by atoms with E-state index in [0.29, 0.717) is 31.6 Å². The Hall–Kier alpha value is -1.67. The van der Waals surface area contributed by atoms with Gasteiger partial charge in [0, 0.05) is 32.1 Å². The summed E-state index contributed by atoms with van der Waals surface area (Å²) in [5.41, 5.74) is 0.691. The van der Waals surface area contributed by atoms with Crippen LogP contribution in [0.1, 0.15) is 32.6 Å². The highest BCUT2D eigenvalue weighted by molar-refractivity contribution is 7.89. The van der Waals surface area contributed by atoms with Gasteiger partial charge in [-0.1, -0.05) is 0 Å². The summed E-state index contributed by atoms with van der Waals surface area (Å²) in [6, 6.07) is 3.83. The summed E-state index contributed by atoms with van der Waals surface area (Å²) in [5.74, 6) is 0.859. The van der Waals surface area contributed by atoms with Gasteiger partial charge in [-0.2, -0.15) is 0 Å². The van der Waals surface area contributed by atoms with Gasteiger partial charge in [-0.05, 0) is 44.7 Å². The molecule has 3 heterocycles. The fourth-order valence-electron chi connectivity index (χ4n) is 3.42. The number of nitrogens with one attached hydrogen (secondary N) is 1. The first-order valence-corrected chi connectivity index (χ1v) is 10.6. The molecule has 0 unspecified atom stereocenters. The molecule has 2 fully saturated rings. The lowest BCUT2D eigenvalue weighted by atomic mass is 9.97. The molecular formula is C17H26N4O3S. The average molecular weight is 366 g/mol. The maximum Gasteiger partial charge on any atom is 0.227 e. The summed E-state index contributed by atoms with van der Waals surface area (Å²) in [6.45, 7) is 4.56. The standard InChI is InChI=1S/C17H26N4O3S/c1-2-25(23,24)21-11-7-14(8-12-21)17(22)19-15-5-6-16(18-13-15)20-9-3-4-10-20/h5-6,13-14H,2-4,7-12H2,1H3,(H,19,22). The van der Waals surface area contributed by atoms with Crippen LogP contribution in [-0.4, -0.2) is 55.5 Å². The SMILES string of the molecule is CCS(=O)(=O)N1CCC(C(=O)Nc2ccc(N3CCCC3)nc2)CC1. The average Bonchev–Trinajstić information content (AvgIpc) is 3.17. The van der Waals surface area contributed by atoms with Gasteiger partial charge in [-0.15, -0.1) is 0 Å². The first-order valence-electron chi connectivity index (χ1n) is 8.99. The van der Waals surface area contributed by atoms with E-state index in [2.05, 4.69) is 15.2 Å². The molecule has 25 heavy (non-hydrogen) atoms. The zero-order valence-electron chi connectivity index (χ0n) is 14.6. The fraction of sp³-hybridized carbons (Fsp3) is 0.647. The molecule has 1 amide bonds. The predicted octanol–water partition coefficient (Wildman–Crippen LogP) is 1.68. The summed E-state index contributed by atoms with van der Waals surface area (Å²) >= 11 is 0. The number of nitrogens with zero attached hydrogens (tertiary/aromatic N) is 3. The van der Waals surface area contributed by atoms with Gasteiger partial charge in [0.2, 0.25) is 15.9 Å². The van der Waals surface area contributed by atoms with Crippen LogP contribution < -0.4 is 10.2 Å². The van der Waals surface area contributed by atoms with Gasteiger partial charge in [0.25, 0.3) is 0 Å². The molecular weight excluding hydrogens is 340 g/mol. The molecule has 0 aliphatic carbocycles. The van der Waals surface area contributed by atoms with E-state index in [1.54, 1.807) is 13.1 Å². The minimum atomic E-state index is -3.16. The van der Waals surface area contributed by atoms with E-state index in [1.165, 1.54) is 17.1 Å². The molecule has 7 nitrogen and oxygen atoms in total. The number of rotatable bonds is 5. The van der Waals surface area contributed by atoms with Crippen molar-refractivity contribution in [3.8, 4) is 0 Å². The molecule has 0 atom stereocenters. The molecule has 2 aliphatic heterocycles. The van der Waals surface area contributed by atoms with Crippen molar-refractivity contribution < 1.29 is 13.2 Å². The Morgan fingerprint density at radius 1 is 1.20 bits per heavy atom. The molecule has 0 spiro atoms. The minimum absolute atomic E-state index is 0.0516. The third-order valence-corrected chi connectivity index (χ3v) is 6.91. The highest BCUT2D eigenvalue weighted by atomic mass is 32.2. The van der Waals surface area contributed by atoms with Crippen molar-refractivity contribution in [2.45, 2.75) is 32.6 Å². The molecule has 0 aromatic carbocycles. The normalized spacial score (nSPS) is 20.0. The number of aromatic nitrogens is 1. The largest absolute Gasteiger partial charge is 0.357 e. The van der Waals surface area contributed by atoms with E-state index in [0.717, 1.165) is 18.9 Å². The smallest absolute Gasteiger partial charge is 0.227 e. The van der Waals surface area contributed by atoms with Crippen LogP contribution in [0.4, 0.5) is 11.5 Å². The van der Waals surface area contributed by atoms with E-state index in [9.17, 15) is 13.2 Å². The summed E-state index contributed by atoms with van der Waals surface area (Å²) in [6.07, 6.45) is 5.22. The third-order valence-electron chi connectivity index (χ3n) is 5.03. The van der Waals surface area contributed by atoms with Crippen LogP contribution in [-0.2, 0) is 14.8 Å². The second kappa shape index (κ2) is 7.70. The number of piperidine rings is 1. The summed E-state index contributed by atoms with van der Waals surface area (Å²) in [4.78, 5) is 19.1. The number of hydrogen-bond donors (Lipinski definition) is 1. The van der Waals surface area contributed by atoms with Crippen molar-refractivity contribution >= 4 is 27.4 Å². The quantitative estimate of drug-likeness (QED) is 0.857. The Bertz CT molecular complexity index is 691. The number of carbonyl (C=O) groups excluding carboxylic acids is 1. The van der Waals surface area contributed by atoms with Crippen LogP contribution in [0.5, 0.6) is 0 Å². The molecule has 1 aromatic rings. The predicted molar refractivity (Wildman–Crippen MR) is 98.1 cm³/mol. The Morgan fingerprint density at radius 3 is 2.44 bits per heavy atom. The Morgan fingerprint density at radius 2 is 1.88 bits per heavy atom. The monoisotopic (exact) mass is 366 g/mol. The van der Waals surface area contributed by atoms with Crippen LogP contribution >= 0.6 is 0 Å². The van der Waals surface area contributed by atoms with Gasteiger partial charge in [0.15, 0.2) is 0 Å². The minimum Gasteiger partial charge on any atom is -0.357 e. The van der Waals surface area contributed by atoms with Crippen molar-refractivity contribution in [1.82, 2.24) is 9.29 Å². The van der Waals surface area contributed by atoms with Gasteiger partial charge in [0.1, 0.15) is 5.82 Å². The third kappa shape index (κ3) is 4.30. The molecule has 138 valence electrons. The molecule has 1 aromatic heterocycles. The van der Waals surface area contributed by atoms with E-state index in [-0.39, 0.29) is 17.6 Å². The lowest BCUT2D eigenvalue weighted by Gasteiger charge is -2.30. The second-order valence-corrected chi connectivity index (χ2v) is 8.92. The molecule has 8 heteroatoms. The lowest BCUT2D eigenvalue weighted by Crippen LogP contribution is -2.42. The van der Waals surface area contributed by atoms with Crippen LogP contribution in [0.15, 0.2) is 18.3 Å². The topological polar surface area (TPSA) is 82.6 Å². The Balaban J connectivity index is 1.52. The number of sulfonamides is 1. The van der Waals surface area contributed by atoms with Crippen LogP contribution in [0.2, 0.25) is 0 Å². The fourth-order valence-corrected chi connectivity index (χ4v) is 4.55. The zero-order chi connectivity index (χ0) is 17.9. The summed E-state index contributed by atoms with van der Waals surface area (Å²) in [5, 5.41) is 2.91. The maximum atomic E-state index is 12.4. The summed E-state index contributed by atoms with van der Waals surface area (Å²) < 4.78 is 25.2. The van der Waals surface area contributed by atoms with Crippen molar-refractivity contribution in [3.63, 3.8) is 0 Å². The van der Waals surface area contributed by atoms with Crippen molar-refractivity contribution in [3.05, 3.63) is 18.3 Å². The molecule has 0 bridgehead atoms. The summed E-state index contributed by atoms with van der Waals surface area (Å²) in [7, 11) is -3.16. The van der Waals surface area contributed by atoms with Crippen LogP contribution in [0, 0.1) is 5.92 Å². The number of pyridine rings is 1. The van der Waals surface area contributed by atoms with E-state index < -0.39 is 10.0 Å². The molecule has 2 saturated heterocycles. The van der Waals surface area contributed by atoms with Gasteiger partial charge >= 0.3 is 0 Å². The van der Waals surface area contributed by atoms with Crippen LogP contribution in [0.25, 0.3) is 0 Å². The Kier molecular flexibility index (Phi) is 5.58. The number of hydrogen-bond acceptors (Lipinski definition) is 5. The van der Waals surface area contributed by atoms with Gasteiger partial charge in [-0.3, -0.25) is 4.79 Å². The molecule has 2 aliphatic rings. The van der Waals surface area contributed by atoms with Crippen molar-refractivity contribution in [2.24, 2.45) is 5.92 Å². The van der Waals surface area contributed by atoms with E-state index in [1.807, 2.05) is 12.1 Å². The van der Waals surface area contributed by atoms with E-state index in [4.69, 9.17) is 0 Å². The second-order valence-electron chi connectivity index (χ2n) is 6.66. The molecule has 1 N–H and O–H groups in total. The highest BCUT2D eigenvalue weighted by Gasteiger charge is 2.30. The maximum absolute atomic E-state index is 12.4. The first-order chi connectivity index (χ1) is 12.0. The van der Waals surface area contributed by atoms with Crippen LogP contribution in [0.3, 0.4) is 0 Å². The number of amides is 1. The molecule has 0 radical (unpaired) electrons. The van der Waals surface area contributed by atoms with Gasteiger partial charge < -0.3 is 10.2 Å². The zero-order valence-corrected chi connectivity index (χ0v) is 15.5.